The predicted molar refractivity (Wildman–Crippen MR) is 53.5 cm³/mol. The van der Waals surface area contributed by atoms with Gasteiger partial charge in [0.05, 0.1) is 0 Å². The van der Waals surface area contributed by atoms with Crippen LogP contribution in [0.3, 0.4) is 0 Å². The molecule has 0 saturated heterocycles. The van der Waals surface area contributed by atoms with Gasteiger partial charge in [-0.1, -0.05) is 19.9 Å². The number of fused-ring (bicyclic) bond motifs is 1. The van der Waals surface area contributed by atoms with Crippen LogP contribution in [-0.4, -0.2) is 14.6 Å². The van der Waals surface area contributed by atoms with Gasteiger partial charge in [0.15, 0.2) is 5.65 Å². The molecule has 2 aromatic heterocycles. The Morgan fingerprint density at radius 3 is 2.64 bits per heavy atom. The Balaban J connectivity index is 0.000000845. The van der Waals surface area contributed by atoms with Gasteiger partial charge in [0, 0.05) is 6.20 Å². The molecule has 0 aliphatic heterocycles. The molecule has 0 unspecified atom stereocenters. The van der Waals surface area contributed by atoms with Crippen molar-refractivity contribution in [2.24, 2.45) is 0 Å². The van der Waals surface area contributed by atoms with E-state index in [1.165, 1.54) is 5.56 Å². The zero-order chi connectivity index (χ0) is 8.55. The van der Waals surface area contributed by atoms with E-state index in [1.54, 1.807) is 6.33 Å². The minimum absolute atomic E-state index is 0. The third-order valence-corrected chi connectivity index (χ3v) is 1.98. The Hall–Kier alpha value is 0.425. The van der Waals surface area contributed by atoms with Gasteiger partial charge in [-0.25, -0.2) is 0 Å². The normalized spacial score (nSPS) is 9.64. The average molecular weight is 262 g/mol. The molecule has 0 saturated carbocycles. The van der Waals surface area contributed by atoms with Crippen LogP contribution < -0.4 is 58.2 Å². The van der Waals surface area contributed by atoms with Crippen LogP contribution in [0.5, 0.6) is 0 Å². The van der Waals surface area contributed by atoms with Crippen molar-refractivity contribution >= 4 is 5.65 Å². The van der Waals surface area contributed by atoms with Crippen LogP contribution >= 0.6 is 0 Å². The second kappa shape index (κ2) is 6.11. The molecule has 3 nitrogen and oxygen atoms in total. The van der Waals surface area contributed by atoms with Crippen LogP contribution in [0, 0.1) is 7.43 Å². The van der Waals surface area contributed by atoms with E-state index in [2.05, 4.69) is 36.3 Å². The molecule has 2 heterocycles. The molecule has 0 bridgehead atoms. The molecule has 2 rings (SSSR count). The Morgan fingerprint density at radius 2 is 2.00 bits per heavy atom. The van der Waals surface area contributed by atoms with E-state index in [9.17, 15) is 0 Å². The number of nitrogens with zero attached hydrogens (tertiary/aromatic N) is 3. The SMILES string of the molecule is CC(C)c1ccc2nncn2c1.[CH3-].[Rb+]. The van der Waals surface area contributed by atoms with E-state index in [4.69, 9.17) is 0 Å². The molecule has 0 radical (unpaired) electrons. The van der Waals surface area contributed by atoms with Crippen molar-refractivity contribution in [2.45, 2.75) is 19.8 Å². The summed E-state index contributed by atoms with van der Waals surface area (Å²) in [7, 11) is 0. The van der Waals surface area contributed by atoms with Crippen LogP contribution in [-0.2, 0) is 0 Å². The number of hydrogen-bond acceptors (Lipinski definition) is 2. The van der Waals surface area contributed by atoms with Crippen LogP contribution in [0.1, 0.15) is 25.3 Å². The standard InChI is InChI=1S/C9H11N3.CH3.Rb/c1-7(2)8-3-4-9-11-10-6-12(9)5-8;;/h3-7H,1-2H3;1H3;/q;-1;+1. The van der Waals surface area contributed by atoms with Crippen LogP contribution in [0.2, 0.25) is 0 Å². The summed E-state index contributed by atoms with van der Waals surface area (Å²) in [5, 5.41) is 7.75. The van der Waals surface area contributed by atoms with Gasteiger partial charge >= 0.3 is 58.2 Å². The molecule has 0 aliphatic carbocycles. The summed E-state index contributed by atoms with van der Waals surface area (Å²) in [6, 6.07) is 4.08. The van der Waals surface area contributed by atoms with Gasteiger partial charge in [-0.2, -0.15) is 0 Å². The number of pyridine rings is 1. The summed E-state index contributed by atoms with van der Waals surface area (Å²) in [5.74, 6) is 0.553. The summed E-state index contributed by atoms with van der Waals surface area (Å²) in [5.41, 5.74) is 2.21. The zero-order valence-corrected chi connectivity index (χ0v) is 14.1. The second-order valence-corrected chi connectivity index (χ2v) is 3.21. The Bertz CT molecular complexity index is 395. The molecule has 0 N–H and O–H groups in total. The summed E-state index contributed by atoms with van der Waals surface area (Å²) in [6.07, 6.45) is 3.79. The maximum atomic E-state index is 3.93. The van der Waals surface area contributed by atoms with Crippen molar-refractivity contribution in [3.63, 3.8) is 0 Å². The van der Waals surface area contributed by atoms with E-state index in [1.807, 2.05) is 10.5 Å². The summed E-state index contributed by atoms with van der Waals surface area (Å²) < 4.78 is 1.94. The van der Waals surface area contributed by atoms with Crippen molar-refractivity contribution < 1.29 is 58.2 Å². The monoisotopic (exact) mass is 261 g/mol. The number of aromatic nitrogens is 3. The molecule has 0 aliphatic rings. The number of hydrogen-bond donors (Lipinski definition) is 0. The molecular weight excluding hydrogens is 248 g/mol. The first kappa shape index (κ1) is 14.4. The van der Waals surface area contributed by atoms with Gasteiger partial charge in [-0.15, -0.1) is 10.2 Å². The second-order valence-electron chi connectivity index (χ2n) is 3.21. The molecule has 4 heteroatoms. The molecule has 0 amide bonds. The molecule has 0 atom stereocenters. The number of rotatable bonds is 1. The molecule has 70 valence electrons. The molecule has 0 spiro atoms. The van der Waals surface area contributed by atoms with Crippen molar-refractivity contribution in [1.82, 2.24) is 14.6 Å². The maximum absolute atomic E-state index is 3.93. The minimum atomic E-state index is 0. The fourth-order valence-corrected chi connectivity index (χ4v) is 1.19. The largest absolute Gasteiger partial charge is 1.00 e. The van der Waals surface area contributed by atoms with Crippen molar-refractivity contribution in [1.29, 1.82) is 0 Å². The van der Waals surface area contributed by atoms with Gasteiger partial charge in [0.25, 0.3) is 0 Å². The van der Waals surface area contributed by atoms with E-state index in [0.717, 1.165) is 5.65 Å². The summed E-state index contributed by atoms with van der Waals surface area (Å²) in [4.78, 5) is 0. The third kappa shape index (κ3) is 2.96. The zero-order valence-electron chi connectivity index (χ0n) is 9.23. The Morgan fingerprint density at radius 1 is 1.29 bits per heavy atom. The van der Waals surface area contributed by atoms with Crippen molar-refractivity contribution in [3.8, 4) is 0 Å². The van der Waals surface area contributed by atoms with Crippen molar-refractivity contribution in [2.75, 3.05) is 0 Å². The Kier molecular flexibility index (Phi) is 6.29. The van der Waals surface area contributed by atoms with Gasteiger partial charge < -0.3 is 7.43 Å². The Labute approximate surface area is 134 Å². The third-order valence-electron chi connectivity index (χ3n) is 1.98. The molecule has 14 heavy (non-hydrogen) atoms. The van der Waals surface area contributed by atoms with E-state index in [0.29, 0.717) is 5.92 Å². The van der Waals surface area contributed by atoms with Gasteiger partial charge in [-0.05, 0) is 17.5 Å². The van der Waals surface area contributed by atoms with E-state index >= 15 is 0 Å². The fourth-order valence-electron chi connectivity index (χ4n) is 1.19. The van der Waals surface area contributed by atoms with Crippen molar-refractivity contribution in [3.05, 3.63) is 37.6 Å². The molecule has 0 aromatic carbocycles. The van der Waals surface area contributed by atoms with Crippen LogP contribution in [0.15, 0.2) is 24.7 Å². The van der Waals surface area contributed by atoms with E-state index < -0.39 is 0 Å². The minimum Gasteiger partial charge on any atom is -0.358 e. The first-order chi connectivity index (χ1) is 5.77. The molecular formula is C10H14N3Rb. The summed E-state index contributed by atoms with van der Waals surface area (Å²) in [6.45, 7) is 4.34. The molecule has 2 aromatic rings. The first-order valence-corrected chi connectivity index (χ1v) is 4.06. The van der Waals surface area contributed by atoms with Gasteiger partial charge in [0.2, 0.25) is 0 Å². The first-order valence-electron chi connectivity index (χ1n) is 4.06. The average Bonchev–Trinajstić information content (AvgIpc) is 2.49. The van der Waals surface area contributed by atoms with E-state index in [-0.39, 0.29) is 65.6 Å². The van der Waals surface area contributed by atoms with Crippen LogP contribution in [0.25, 0.3) is 5.65 Å². The quantitative estimate of drug-likeness (QED) is 0.636. The maximum Gasteiger partial charge on any atom is 1.00 e. The smallest absolute Gasteiger partial charge is 0.358 e. The fraction of sp³-hybridized carbons (Fsp3) is 0.300. The predicted octanol–water partition coefficient (Wildman–Crippen LogP) is -0.693. The summed E-state index contributed by atoms with van der Waals surface area (Å²) >= 11 is 0. The topological polar surface area (TPSA) is 30.2 Å². The van der Waals surface area contributed by atoms with Gasteiger partial charge in [-0.3, -0.25) is 4.40 Å². The van der Waals surface area contributed by atoms with Gasteiger partial charge in [0.1, 0.15) is 6.33 Å². The molecule has 0 fully saturated rings. The van der Waals surface area contributed by atoms with Crippen LogP contribution in [0.4, 0.5) is 0 Å².